The molecule has 2 aromatic carbocycles. The van der Waals surface area contributed by atoms with Crippen LogP contribution in [0.5, 0.6) is 5.75 Å². The molecular formula is C20H20N2O3. The first kappa shape index (κ1) is 16.9. The molecule has 0 heterocycles. The van der Waals surface area contributed by atoms with Crippen LogP contribution in [0.3, 0.4) is 0 Å². The number of hydrogen-bond acceptors (Lipinski definition) is 4. The van der Waals surface area contributed by atoms with E-state index in [-0.39, 0.29) is 18.3 Å². The second-order valence-electron chi connectivity index (χ2n) is 5.93. The molecule has 1 N–H and O–H groups in total. The van der Waals surface area contributed by atoms with E-state index in [2.05, 4.69) is 10.5 Å². The Balaban J connectivity index is 1.59. The van der Waals surface area contributed by atoms with E-state index in [1.165, 1.54) is 0 Å². The molecule has 5 heteroatoms. The first-order chi connectivity index (χ1) is 12.2. The molecule has 0 atom stereocenters. The van der Waals surface area contributed by atoms with Crippen LogP contribution >= 0.6 is 0 Å². The molecule has 0 aromatic heterocycles. The largest absolute Gasteiger partial charge is 0.483 e. The minimum atomic E-state index is -0.339. The van der Waals surface area contributed by atoms with Crippen LogP contribution in [0.1, 0.15) is 25.7 Å². The number of rotatable bonds is 5. The van der Waals surface area contributed by atoms with Gasteiger partial charge in [0.25, 0.3) is 5.91 Å². The molecular weight excluding hydrogens is 316 g/mol. The minimum absolute atomic E-state index is 0.130. The highest BCUT2D eigenvalue weighted by atomic mass is 16.5. The van der Waals surface area contributed by atoms with Crippen molar-refractivity contribution in [3.8, 4) is 16.9 Å². The predicted molar refractivity (Wildman–Crippen MR) is 96.4 cm³/mol. The Morgan fingerprint density at radius 1 is 1.04 bits per heavy atom. The Morgan fingerprint density at radius 3 is 2.60 bits per heavy atom. The first-order valence-corrected chi connectivity index (χ1v) is 8.35. The fraction of sp³-hybridized carbons (Fsp3) is 0.250. The summed E-state index contributed by atoms with van der Waals surface area (Å²) in [6.45, 7) is -0.130. The Labute approximate surface area is 146 Å². The van der Waals surface area contributed by atoms with Crippen molar-refractivity contribution in [3.05, 3.63) is 54.6 Å². The minimum Gasteiger partial charge on any atom is -0.483 e. The SMILES string of the molecule is O=C1CCC/C(=N\NC(=O)COc2ccccc2-c2ccccc2)C1. The number of ketones is 1. The quantitative estimate of drug-likeness (QED) is 0.852. The topological polar surface area (TPSA) is 67.8 Å². The number of para-hydroxylation sites is 1. The van der Waals surface area contributed by atoms with E-state index in [0.29, 0.717) is 18.6 Å². The molecule has 25 heavy (non-hydrogen) atoms. The lowest BCUT2D eigenvalue weighted by atomic mass is 9.97. The number of benzene rings is 2. The molecule has 1 saturated carbocycles. The van der Waals surface area contributed by atoms with Crippen LogP contribution in [0, 0.1) is 0 Å². The van der Waals surface area contributed by atoms with Crippen molar-refractivity contribution >= 4 is 17.4 Å². The smallest absolute Gasteiger partial charge is 0.277 e. The highest BCUT2D eigenvalue weighted by molar-refractivity contribution is 6.04. The summed E-state index contributed by atoms with van der Waals surface area (Å²) < 4.78 is 5.67. The highest BCUT2D eigenvalue weighted by Crippen LogP contribution is 2.29. The van der Waals surface area contributed by atoms with Gasteiger partial charge in [0.05, 0.1) is 0 Å². The van der Waals surface area contributed by atoms with Crippen molar-refractivity contribution in [1.82, 2.24) is 5.43 Å². The second-order valence-corrected chi connectivity index (χ2v) is 5.93. The molecule has 3 rings (SSSR count). The van der Waals surface area contributed by atoms with Gasteiger partial charge in [-0.2, -0.15) is 5.10 Å². The normalized spacial score (nSPS) is 15.8. The second kappa shape index (κ2) is 8.24. The molecule has 0 radical (unpaired) electrons. The maximum absolute atomic E-state index is 12.0. The van der Waals surface area contributed by atoms with Crippen molar-refractivity contribution in [2.24, 2.45) is 5.10 Å². The molecule has 2 aromatic rings. The number of nitrogens with zero attached hydrogens (tertiary/aromatic N) is 1. The average molecular weight is 336 g/mol. The van der Waals surface area contributed by atoms with Crippen molar-refractivity contribution in [1.29, 1.82) is 0 Å². The van der Waals surface area contributed by atoms with E-state index in [1.54, 1.807) is 0 Å². The fourth-order valence-electron chi connectivity index (χ4n) is 2.76. The summed E-state index contributed by atoms with van der Waals surface area (Å²) in [7, 11) is 0. The molecule has 0 aliphatic heterocycles. The Kier molecular flexibility index (Phi) is 5.57. The standard InChI is InChI=1S/C20H20N2O3/c23-17-10-6-9-16(13-17)21-22-20(24)14-25-19-12-5-4-11-18(19)15-7-2-1-3-8-15/h1-5,7-8,11-12H,6,9-10,13-14H2,(H,22,24)/b21-16+. The maximum atomic E-state index is 12.0. The van der Waals surface area contributed by atoms with Gasteiger partial charge in [0, 0.05) is 24.1 Å². The van der Waals surface area contributed by atoms with Gasteiger partial charge >= 0.3 is 0 Å². The summed E-state index contributed by atoms with van der Waals surface area (Å²) in [5.41, 5.74) is 5.16. The number of amides is 1. The number of hydrogen-bond donors (Lipinski definition) is 1. The van der Waals surface area contributed by atoms with Crippen LogP contribution in [0.4, 0.5) is 0 Å². The Morgan fingerprint density at radius 2 is 1.80 bits per heavy atom. The Hall–Kier alpha value is -2.95. The van der Waals surface area contributed by atoms with E-state index >= 15 is 0 Å². The zero-order valence-electron chi connectivity index (χ0n) is 13.9. The van der Waals surface area contributed by atoms with E-state index in [1.807, 2.05) is 54.6 Å². The van der Waals surface area contributed by atoms with Gasteiger partial charge in [-0.05, 0) is 24.5 Å². The molecule has 1 amide bonds. The summed E-state index contributed by atoms with van der Waals surface area (Å²) in [4.78, 5) is 23.3. The summed E-state index contributed by atoms with van der Waals surface area (Å²) in [6, 6.07) is 17.5. The molecule has 0 saturated heterocycles. The van der Waals surface area contributed by atoms with Crippen LogP contribution in [-0.2, 0) is 9.59 Å². The van der Waals surface area contributed by atoms with Gasteiger partial charge < -0.3 is 4.74 Å². The summed E-state index contributed by atoms with van der Waals surface area (Å²) in [5.74, 6) is 0.477. The first-order valence-electron chi connectivity index (χ1n) is 8.35. The predicted octanol–water partition coefficient (Wildman–Crippen LogP) is 3.35. The van der Waals surface area contributed by atoms with Gasteiger partial charge in [-0.1, -0.05) is 48.5 Å². The lowest BCUT2D eigenvalue weighted by molar-refractivity contribution is -0.123. The van der Waals surface area contributed by atoms with E-state index in [0.717, 1.165) is 29.7 Å². The average Bonchev–Trinajstić information content (AvgIpc) is 2.66. The van der Waals surface area contributed by atoms with Crippen LogP contribution in [-0.4, -0.2) is 24.0 Å². The molecule has 0 unspecified atom stereocenters. The lowest BCUT2D eigenvalue weighted by Crippen LogP contribution is -2.27. The van der Waals surface area contributed by atoms with Crippen molar-refractivity contribution < 1.29 is 14.3 Å². The van der Waals surface area contributed by atoms with Gasteiger partial charge in [-0.15, -0.1) is 0 Å². The van der Waals surface area contributed by atoms with Gasteiger partial charge in [0.2, 0.25) is 0 Å². The van der Waals surface area contributed by atoms with Crippen LogP contribution in [0.25, 0.3) is 11.1 Å². The van der Waals surface area contributed by atoms with Crippen LogP contribution in [0.2, 0.25) is 0 Å². The number of Topliss-reactive ketones (excluding diaryl/α,β-unsaturated/α-hetero) is 1. The molecule has 1 aliphatic carbocycles. The van der Waals surface area contributed by atoms with Gasteiger partial charge in [0.1, 0.15) is 11.5 Å². The molecule has 5 nitrogen and oxygen atoms in total. The third-order valence-corrected chi connectivity index (χ3v) is 3.99. The zero-order chi connectivity index (χ0) is 17.5. The molecule has 0 bridgehead atoms. The van der Waals surface area contributed by atoms with Gasteiger partial charge in [0.15, 0.2) is 6.61 Å². The number of carbonyl (C=O) groups excluding carboxylic acids is 2. The van der Waals surface area contributed by atoms with E-state index in [4.69, 9.17) is 4.74 Å². The number of nitrogens with one attached hydrogen (secondary N) is 1. The highest BCUT2D eigenvalue weighted by Gasteiger charge is 2.15. The Bertz CT molecular complexity index is 785. The van der Waals surface area contributed by atoms with E-state index < -0.39 is 0 Å². The summed E-state index contributed by atoms with van der Waals surface area (Å²) >= 11 is 0. The number of hydrazone groups is 1. The third kappa shape index (κ3) is 4.76. The fourth-order valence-corrected chi connectivity index (χ4v) is 2.76. The summed E-state index contributed by atoms with van der Waals surface area (Å²) in [6.07, 6.45) is 2.49. The maximum Gasteiger partial charge on any atom is 0.277 e. The lowest BCUT2D eigenvalue weighted by Gasteiger charge is -2.12. The molecule has 1 fully saturated rings. The van der Waals surface area contributed by atoms with Gasteiger partial charge in [-0.3, -0.25) is 9.59 Å². The molecule has 128 valence electrons. The molecule has 1 aliphatic rings. The molecule has 0 spiro atoms. The summed E-state index contributed by atoms with van der Waals surface area (Å²) in [5, 5.41) is 4.04. The number of ether oxygens (including phenoxy) is 1. The monoisotopic (exact) mass is 336 g/mol. The van der Waals surface area contributed by atoms with Crippen LogP contribution < -0.4 is 10.2 Å². The van der Waals surface area contributed by atoms with Crippen LogP contribution in [0.15, 0.2) is 59.7 Å². The van der Waals surface area contributed by atoms with Crippen molar-refractivity contribution in [3.63, 3.8) is 0 Å². The van der Waals surface area contributed by atoms with Crippen molar-refractivity contribution in [2.75, 3.05) is 6.61 Å². The van der Waals surface area contributed by atoms with Gasteiger partial charge in [-0.25, -0.2) is 5.43 Å². The van der Waals surface area contributed by atoms with Crippen molar-refractivity contribution in [2.45, 2.75) is 25.7 Å². The zero-order valence-corrected chi connectivity index (χ0v) is 13.9. The third-order valence-electron chi connectivity index (χ3n) is 3.99. The van der Waals surface area contributed by atoms with E-state index in [9.17, 15) is 9.59 Å². The number of carbonyl (C=O) groups is 2.